The molecule has 2 unspecified atom stereocenters. The molecule has 3 nitrogen and oxygen atoms in total. The minimum absolute atomic E-state index is 0. The van der Waals surface area contributed by atoms with Crippen molar-refractivity contribution < 1.29 is 47.3 Å². The van der Waals surface area contributed by atoms with Crippen LogP contribution < -0.4 is 4.74 Å². The Hall–Kier alpha value is -1.83. The van der Waals surface area contributed by atoms with Crippen LogP contribution in [-0.4, -0.2) is 37.4 Å². The summed E-state index contributed by atoms with van der Waals surface area (Å²) in [6, 6.07) is 16.7. The van der Waals surface area contributed by atoms with Crippen molar-refractivity contribution in [1.82, 2.24) is 4.90 Å². The third-order valence-corrected chi connectivity index (χ3v) is 5.80. The Morgan fingerprint density at radius 3 is 2.60 bits per heavy atom. The average Bonchev–Trinajstić information content (AvgIpc) is 3.49. The van der Waals surface area contributed by atoms with Crippen molar-refractivity contribution in [3.05, 3.63) is 89.5 Å². The van der Waals surface area contributed by atoms with Crippen molar-refractivity contribution >= 4 is 6.29 Å². The van der Waals surface area contributed by atoms with Crippen LogP contribution in [0.2, 0.25) is 0 Å². The van der Waals surface area contributed by atoms with Crippen LogP contribution in [0.15, 0.2) is 72.8 Å². The van der Waals surface area contributed by atoms with Gasteiger partial charge in [-0.25, -0.2) is 0 Å². The summed E-state index contributed by atoms with van der Waals surface area (Å²) in [7, 11) is 0. The molecule has 4 rings (SSSR count). The van der Waals surface area contributed by atoms with Gasteiger partial charge in [0.2, 0.25) is 0 Å². The first-order valence-corrected chi connectivity index (χ1v) is 12.1. The Kier molecular flexibility index (Phi) is 15.7. The van der Waals surface area contributed by atoms with Crippen molar-refractivity contribution in [3.8, 4) is 18.1 Å². The molecule has 0 bridgehead atoms. The fraction of sp³-hybridized carbons (Fsp3) is 0.387. The molecule has 0 aliphatic carbocycles. The SMILES string of the molecule is C#C/C=C\C.C=C(C)C.O=[C-]C(c1ccccc1)C1CCN(CCc2ccc3c(c2)CCO3)C1.[Ho]. The Balaban J connectivity index is 0.000000530. The van der Waals surface area contributed by atoms with Gasteiger partial charge in [0.25, 0.3) is 0 Å². The first-order chi connectivity index (χ1) is 16.5. The smallest absolute Gasteiger partial charge is 0.122 e. The molecular weight excluding hydrogens is 583 g/mol. The normalized spacial score (nSPS) is 16.8. The topological polar surface area (TPSA) is 29.5 Å². The minimum atomic E-state index is -0.0941. The standard InChI is InChI=1S/C22H24NO2.C5H6.C4H8.Ho/c24-16-21(18-4-2-1-3-5-18)20-9-12-23(15-20)11-8-17-6-7-22-19(14-17)10-13-25-22;1-3-5-4-2;1-4(2)3;/h1-7,14,20-21H,8-13,15H2;1,4-5H,2H3;1H2,2-3H3;/q-1;;;/b;5-4-;;. The van der Waals surface area contributed by atoms with Crippen LogP contribution in [0.1, 0.15) is 49.8 Å². The maximum atomic E-state index is 11.5. The average molecular weight is 622 g/mol. The molecule has 0 saturated carbocycles. The number of rotatable bonds is 6. The molecule has 1 radical (unpaired) electrons. The van der Waals surface area contributed by atoms with Gasteiger partial charge in [0.1, 0.15) is 5.75 Å². The Morgan fingerprint density at radius 1 is 1.29 bits per heavy atom. The molecular formula is C31H38HoNO2-. The summed E-state index contributed by atoms with van der Waals surface area (Å²) in [6.07, 6.45) is 13.7. The third kappa shape index (κ3) is 11.2. The number of nitrogens with zero attached hydrogens (tertiary/aromatic N) is 1. The van der Waals surface area contributed by atoms with E-state index in [-0.39, 0.29) is 43.7 Å². The van der Waals surface area contributed by atoms with Gasteiger partial charge < -0.3 is 14.4 Å². The zero-order chi connectivity index (χ0) is 24.8. The molecule has 191 valence electrons. The third-order valence-electron chi connectivity index (χ3n) is 5.80. The summed E-state index contributed by atoms with van der Waals surface area (Å²) in [6.45, 7) is 13.3. The molecule has 1 saturated heterocycles. The number of hydrogen-bond donors (Lipinski definition) is 0. The predicted octanol–water partition coefficient (Wildman–Crippen LogP) is 6.16. The second-order valence-electron chi connectivity index (χ2n) is 9.02. The summed E-state index contributed by atoms with van der Waals surface area (Å²) in [5.74, 6) is 3.68. The molecule has 1 fully saturated rings. The molecule has 0 spiro atoms. The molecule has 0 N–H and O–H groups in total. The monoisotopic (exact) mass is 621 g/mol. The van der Waals surface area contributed by atoms with Gasteiger partial charge in [-0.2, -0.15) is 0 Å². The summed E-state index contributed by atoms with van der Waals surface area (Å²) < 4.78 is 5.58. The van der Waals surface area contributed by atoms with E-state index in [2.05, 4.69) is 41.9 Å². The summed E-state index contributed by atoms with van der Waals surface area (Å²) in [5, 5.41) is 0. The van der Waals surface area contributed by atoms with Crippen LogP contribution in [0, 0.1) is 56.0 Å². The van der Waals surface area contributed by atoms with E-state index in [1.807, 2.05) is 57.2 Å². The largest absolute Gasteiger partial charge is 0.541 e. The Bertz CT molecular complexity index is 973. The summed E-state index contributed by atoms with van der Waals surface area (Å²) in [5.41, 5.74) is 4.99. The van der Waals surface area contributed by atoms with Crippen molar-refractivity contribution in [3.63, 3.8) is 0 Å². The van der Waals surface area contributed by atoms with Crippen molar-refractivity contribution in [2.24, 2.45) is 5.92 Å². The maximum Gasteiger partial charge on any atom is 0.122 e. The van der Waals surface area contributed by atoms with Crippen LogP contribution in [0.4, 0.5) is 0 Å². The number of hydrogen-bond acceptors (Lipinski definition) is 3. The van der Waals surface area contributed by atoms with Crippen LogP contribution >= 0.6 is 0 Å². The van der Waals surface area contributed by atoms with Crippen molar-refractivity contribution in [2.45, 2.75) is 46.0 Å². The predicted molar refractivity (Wildman–Crippen MR) is 143 cm³/mol. The van der Waals surface area contributed by atoms with E-state index in [1.54, 1.807) is 6.08 Å². The molecule has 2 atom stereocenters. The van der Waals surface area contributed by atoms with Gasteiger partial charge in [0.15, 0.2) is 0 Å². The van der Waals surface area contributed by atoms with E-state index in [4.69, 9.17) is 11.2 Å². The molecule has 2 aliphatic rings. The number of fused-ring (bicyclic) bond motifs is 1. The fourth-order valence-corrected chi connectivity index (χ4v) is 4.21. The summed E-state index contributed by atoms with van der Waals surface area (Å²) >= 11 is 0. The molecule has 0 amide bonds. The summed E-state index contributed by atoms with van der Waals surface area (Å²) in [4.78, 5) is 14.0. The van der Waals surface area contributed by atoms with Gasteiger partial charge in [-0.05, 0) is 75.9 Å². The Labute approximate surface area is 242 Å². The van der Waals surface area contributed by atoms with Crippen molar-refractivity contribution in [2.75, 3.05) is 26.2 Å². The number of ether oxygens (including phenoxy) is 1. The number of likely N-dealkylation sites (tertiary alicyclic amines) is 1. The van der Waals surface area contributed by atoms with Gasteiger partial charge in [0, 0.05) is 50.7 Å². The van der Waals surface area contributed by atoms with E-state index in [9.17, 15) is 4.79 Å². The number of benzene rings is 2. The van der Waals surface area contributed by atoms with Gasteiger partial charge in [-0.3, -0.25) is 6.29 Å². The molecule has 2 aliphatic heterocycles. The van der Waals surface area contributed by atoms with Gasteiger partial charge in [0.05, 0.1) is 6.61 Å². The number of carbonyl (C=O) groups excluding carboxylic acids is 1. The first kappa shape index (κ1) is 31.2. The van der Waals surface area contributed by atoms with Crippen LogP contribution in [0.5, 0.6) is 5.75 Å². The first-order valence-electron chi connectivity index (χ1n) is 12.1. The fourth-order valence-electron chi connectivity index (χ4n) is 4.21. The second-order valence-corrected chi connectivity index (χ2v) is 9.02. The van der Waals surface area contributed by atoms with Crippen LogP contribution in [0.25, 0.3) is 0 Å². The van der Waals surface area contributed by atoms with Gasteiger partial charge >= 0.3 is 0 Å². The van der Waals surface area contributed by atoms with E-state index >= 15 is 0 Å². The van der Waals surface area contributed by atoms with E-state index < -0.39 is 0 Å². The van der Waals surface area contributed by atoms with E-state index in [0.717, 1.165) is 56.8 Å². The molecule has 2 heterocycles. The minimum Gasteiger partial charge on any atom is -0.541 e. The van der Waals surface area contributed by atoms with Gasteiger partial charge in [-0.15, -0.1) is 18.9 Å². The molecule has 4 heteroatoms. The quantitative estimate of drug-likeness (QED) is 0.168. The number of terminal acetylenes is 1. The van der Waals surface area contributed by atoms with Crippen molar-refractivity contribution in [1.29, 1.82) is 0 Å². The zero-order valence-electron chi connectivity index (χ0n) is 21.2. The molecule has 2 aromatic rings. The molecule has 35 heavy (non-hydrogen) atoms. The maximum absolute atomic E-state index is 11.5. The van der Waals surface area contributed by atoms with E-state index in [1.165, 1.54) is 16.7 Å². The molecule has 2 aromatic carbocycles. The van der Waals surface area contributed by atoms with Crippen LogP contribution in [-0.2, 0) is 17.6 Å². The van der Waals surface area contributed by atoms with Gasteiger partial charge in [-0.1, -0.05) is 65.6 Å². The zero-order valence-corrected chi connectivity index (χ0v) is 23.2. The van der Waals surface area contributed by atoms with E-state index in [0.29, 0.717) is 5.92 Å². The van der Waals surface area contributed by atoms with Crippen LogP contribution in [0.3, 0.4) is 0 Å². The number of allylic oxidation sites excluding steroid dienone is 3. The molecule has 0 aromatic heterocycles. The second kappa shape index (κ2) is 17.6. The Morgan fingerprint density at radius 2 is 2.00 bits per heavy atom.